The van der Waals surface area contributed by atoms with Crippen molar-refractivity contribution < 1.29 is 14.5 Å². The number of carbonyl (C=O) groups is 1. The molecule has 2 N–H and O–H groups in total. The number of carbonyl (C=O) groups excluding carboxylic acids is 1. The smallest absolute Gasteiger partial charge is 0.292 e. The van der Waals surface area contributed by atoms with Gasteiger partial charge in [0, 0.05) is 11.6 Å². The number of amides is 1. The van der Waals surface area contributed by atoms with Gasteiger partial charge >= 0.3 is 0 Å². The summed E-state index contributed by atoms with van der Waals surface area (Å²) in [6.07, 6.45) is 0. The maximum absolute atomic E-state index is 12.1. The zero-order chi connectivity index (χ0) is 17.7. The van der Waals surface area contributed by atoms with Crippen molar-refractivity contribution >= 4 is 34.6 Å². The number of thiocarbonyl (C=S) groups is 1. The molecule has 0 bridgehead atoms. The molecule has 0 fully saturated rings. The molecule has 124 valence electrons. The molecule has 0 aliphatic rings. The van der Waals surface area contributed by atoms with Crippen LogP contribution in [-0.4, -0.2) is 23.1 Å². The second-order valence-electron chi connectivity index (χ2n) is 4.91. The van der Waals surface area contributed by atoms with Crippen molar-refractivity contribution in [1.82, 2.24) is 5.32 Å². The zero-order valence-electron chi connectivity index (χ0n) is 13.0. The van der Waals surface area contributed by atoms with Crippen molar-refractivity contribution in [2.75, 3.05) is 12.4 Å². The highest BCUT2D eigenvalue weighted by molar-refractivity contribution is 7.80. The molecule has 0 saturated carbocycles. The quantitative estimate of drug-likeness (QED) is 0.502. The van der Waals surface area contributed by atoms with Gasteiger partial charge in [-0.1, -0.05) is 6.07 Å². The van der Waals surface area contributed by atoms with Crippen LogP contribution >= 0.6 is 12.2 Å². The van der Waals surface area contributed by atoms with Crippen LogP contribution in [-0.2, 0) is 0 Å². The van der Waals surface area contributed by atoms with Crippen molar-refractivity contribution in [3.63, 3.8) is 0 Å². The van der Waals surface area contributed by atoms with E-state index in [1.54, 1.807) is 43.3 Å². The van der Waals surface area contributed by atoms with Gasteiger partial charge in [-0.15, -0.1) is 0 Å². The molecule has 0 atom stereocenters. The molecule has 0 aliphatic carbocycles. The van der Waals surface area contributed by atoms with E-state index in [0.717, 1.165) is 5.56 Å². The van der Waals surface area contributed by atoms with Crippen molar-refractivity contribution in [3.05, 3.63) is 63.7 Å². The van der Waals surface area contributed by atoms with E-state index in [0.29, 0.717) is 11.3 Å². The van der Waals surface area contributed by atoms with Gasteiger partial charge in [0.05, 0.1) is 12.0 Å². The third kappa shape index (κ3) is 4.26. The number of nitrogens with zero attached hydrogens (tertiary/aromatic N) is 1. The van der Waals surface area contributed by atoms with Crippen LogP contribution in [0.25, 0.3) is 0 Å². The van der Waals surface area contributed by atoms with Crippen molar-refractivity contribution in [1.29, 1.82) is 0 Å². The highest BCUT2D eigenvalue weighted by Crippen LogP contribution is 2.25. The van der Waals surface area contributed by atoms with Gasteiger partial charge in [0.1, 0.15) is 11.4 Å². The van der Waals surface area contributed by atoms with Gasteiger partial charge in [0.15, 0.2) is 5.11 Å². The van der Waals surface area contributed by atoms with Crippen LogP contribution in [0.4, 0.5) is 11.4 Å². The second-order valence-corrected chi connectivity index (χ2v) is 5.32. The molecule has 24 heavy (non-hydrogen) atoms. The van der Waals surface area contributed by atoms with Crippen molar-refractivity contribution in [3.8, 4) is 5.75 Å². The van der Waals surface area contributed by atoms with E-state index in [9.17, 15) is 14.9 Å². The lowest BCUT2D eigenvalue weighted by molar-refractivity contribution is -0.383. The fourth-order valence-corrected chi connectivity index (χ4v) is 2.17. The molecule has 0 heterocycles. The Morgan fingerprint density at radius 1 is 1.21 bits per heavy atom. The third-order valence-corrected chi connectivity index (χ3v) is 3.38. The first-order valence-corrected chi connectivity index (χ1v) is 7.33. The van der Waals surface area contributed by atoms with Gasteiger partial charge in [0.2, 0.25) is 0 Å². The van der Waals surface area contributed by atoms with Crippen LogP contribution in [0.5, 0.6) is 5.75 Å². The summed E-state index contributed by atoms with van der Waals surface area (Å²) in [6.45, 7) is 1.75. The lowest BCUT2D eigenvalue weighted by atomic mass is 10.2. The third-order valence-electron chi connectivity index (χ3n) is 3.18. The van der Waals surface area contributed by atoms with Crippen LogP contribution in [0.3, 0.4) is 0 Å². The van der Waals surface area contributed by atoms with Gasteiger partial charge in [-0.25, -0.2) is 0 Å². The molecule has 0 saturated heterocycles. The number of aryl methyl sites for hydroxylation is 1. The van der Waals surface area contributed by atoms with Gasteiger partial charge in [0.25, 0.3) is 11.6 Å². The molecule has 0 aromatic heterocycles. The van der Waals surface area contributed by atoms with E-state index in [-0.39, 0.29) is 16.5 Å². The fourth-order valence-electron chi connectivity index (χ4n) is 1.97. The molecular formula is C16H15N3O4S. The van der Waals surface area contributed by atoms with Crippen LogP contribution in [0.15, 0.2) is 42.5 Å². The van der Waals surface area contributed by atoms with Crippen molar-refractivity contribution in [2.45, 2.75) is 6.92 Å². The Labute approximate surface area is 143 Å². The fraction of sp³-hybridized carbons (Fsp3) is 0.125. The first-order chi connectivity index (χ1) is 11.4. The Bertz CT molecular complexity index is 790. The lowest BCUT2D eigenvalue weighted by Crippen LogP contribution is -2.34. The minimum absolute atomic E-state index is 0.0252. The van der Waals surface area contributed by atoms with E-state index < -0.39 is 10.8 Å². The minimum atomic E-state index is -0.511. The molecule has 2 aromatic carbocycles. The standard InChI is InChI=1S/C16H15N3O4S/c1-10-3-8-13(14(9-10)19(21)22)17-16(24)18-15(20)11-4-6-12(23-2)7-5-11/h3-9H,1-2H3,(H2,17,18,20,24). The summed E-state index contributed by atoms with van der Waals surface area (Å²) in [6, 6.07) is 11.2. The number of hydrogen-bond donors (Lipinski definition) is 2. The average molecular weight is 345 g/mol. The van der Waals surface area contributed by atoms with Gasteiger partial charge in [-0.2, -0.15) is 0 Å². The number of anilines is 1. The maximum Gasteiger partial charge on any atom is 0.292 e. The summed E-state index contributed by atoms with van der Waals surface area (Å²) in [5.41, 5.74) is 1.24. The molecular weight excluding hydrogens is 330 g/mol. The largest absolute Gasteiger partial charge is 0.497 e. The molecule has 2 rings (SSSR count). The minimum Gasteiger partial charge on any atom is -0.497 e. The first-order valence-electron chi connectivity index (χ1n) is 6.92. The molecule has 8 heteroatoms. The summed E-state index contributed by atoms with van der Waals surface area (Å²) in [5, 5.41) is 16.2. The summed E-state index contributed by atoms with van der Waals surface area (Å²) >= 11 is 5.05. The molecule has 7 nitrogen and oxygen atoms in total. The summed E-state index contributed by atoms with van der Waals surface area (Å²) in [4.78, 5) is 22.7. The SMILES string of the molecule is COc1ccc(C(=O)NC(=S)Nc2ccc(C)cc2[N+](=O)[O-])cc1. The van der Waals surface area contributed by atoms with Gasteiger partial charge in [-0.3, -0.25) is 20.2 Å². The second kappa shape index (κ2) is 7.51. The molecule has 2 aromatic rings. The Balaban J connectivity index is 2.07. The van der Waals surface area contributed by atoms with Gasteiger partial charge in [-0.05, 0) is 55.0 Å². The van der Waals surface area contributed by atoms with Crippen LogP contribution < -0.4 is 15.4 Å². The Morgan fingerprint density at radius 2 is 1.88 bits per heavy atom. The number of rotatable bonds is 4. The average Bonchev–Trinajstić information content (AvgIpc) is 2.56. The lowest BCUT2D eigenvalue weighted by Gasteiger charge is -2.10. The molecule has 0 unspecified atom stereocenters. The number of methoxy groups -OCH3 is 1. The maximum atomic E-state index is 12.1. The van der Waals surface area contributed by atoms with Crippen LogP contribution in [0.2, 0.25) is 0 Å². The number of nitro groups is 1. The number of ether oxygens (including phenoxy) is 1. The van der Waals surface area contributed by atoms with Crippen LogP contribution in [0.1, 0.15) is 15.9 Å². The van der Waals surface area contributed by atoms with Gasteiger partial charge < -0.3 is 10.1 Å². The number of hydrogen-bond acceptors (Lipinski definition) is 5. The highest BCUT2D eigenvalue weighted by Gasteiger charge is 2.16. The highest BCUT2D eigenvalue weighted by atomic mass is 32.1. The van der Waals surface area contributed by atoms with E-state index in [4.69, 9.17) is 17.0 Å². The predicted molar refractivity (Wildman–Crippen MR) is 94.5 cm³/mol. The summed E-state index contributed by atoms with van der Waals surface area (Å²) in [5.74, 6) is 0.201. The van der Waals surface area contributed by atoms with E-state index in [2.05, 4.69) is 10.6 Å². The van der Waals surface area contributed by atoms with E-state index in [1.807, 2.05) is 0 Å². The van der Waals surface area contributed by atoms with E-state index >= 15 is 0 Å². The number of nitro benzene ring substituents is 1. The number of nitrogens with one attached hydrogen (secondary N) is 2. The Hall–Kier alpha value is -3.00. The Kier molecular flexibility index (Phi) is 5.43. The number of benzene rings is 2. The molecule has 1 amide bonds. The van der Waals surface area contributed by atoms with Crippen molar-refractivity contribution in [2.24, 2.45) is 0 Å². The zero-order valence-corrected chi connectivity index (χ0v) is 13.8. The summed E-state index contributed by atoms with van der Waals surface area (Å²) in [7, 11) is 1.53. The molecule has 0 radical (unpaired) electrons. The van der Waals surface area contributed by atoms with E-state index in [1.165, 1.54) is 13.2 Å². The normalized spacial score (nSPS) is 9.92. The molecule has 0 aliphatic heterocycles. The topological polar surface area (TPSA) is 93.5 Å². The predicted octanol–water partition coefficient (Wildman–Crippen LogP) is 3.04. The summed E-state index contributed by atoms with van der Waals surface area (Å²) < 4.78 is 5.02. The first kappa shape index (κ1) is 17.4. The Morgan fingerprint density at radius 3 is 2.46 bits per heavy atom. The monoisotopic (exact) mass is 345 g/mol. The van der Waals surface area contributed by atoms with Crippen LogP contribution in [0, 0.1) is 17.0 Å². The molecule has 0 spiro atoms.